The second-order valence-corrected chi connectivity index (χ2v) is 3.97. The fourth-order valence-corrected chi connectivity index (χ4v) is 1.68. The fraction of sp³-hybridized carbons (Fsp3) is 0.500. The molecule has 112 valence electrons. The molecule has 0 spiro atoms. The van der Waals surface area contributed by atoms with Crippen molar-refractivity contribution >= 4 is 5.97 Å². The number of hydrogen-bond donors (Lipinski definition) is 0. The zero-order valence-electron chi connectivity index (χ0n) is 10.7. The monoisotopic (exact) mass is 297 g/mol. The van der Waals surface area contributed by atoms with Gasteiger partial charge in [0.25, 0.3) is 6.43 Å². The molecule has 20 heavy (non-hydrogen) atoms. The zero-order chi connectivity index (χ0) is 15.5. The summed E-state index contributed by atoms with van der Waals surface area (Å²) in [5, 5.41) is 0. The summed E-state index contributed by atoms with van der Waals surface area (Å²) in [4.78, 5) is 14.4. The van der Waals surface area contributed by atoms with Crippen molar-refractivity contribution < 1.29 is 31.5 Å². The Bertz CT molecular complexity index is 499. The Morgan fingerprint density at radius 1 is 1.40 bits per heavy atom. The van der Waals surface area contributed by atoms with E-state index in [2.05, 4.69) is 9.72 Å². The van der Waals surface area contributed by atoms with Crippen molar-refractivity contribution in [1.82, 2.24) is 4.98 Å². The summed E-state index contributed by atoms with van der Waals surface area (Å²) in [6.07, 6.45) is -8.51. The van der Waals surface area contributed by atoms with Crippen LogP contribution in [-0.2, 0) is 22.1 Å². The number of aryl methyl sites for hydroxylation is 1. The van der Waals surface area contributed by atoms with Gasteiger partial charge < -0.3 is 4.74 Å². The molecule has 1 aromatic rings. The Balaban J connectivity index is 3.29. The van der Waals surface area contributed by atoms with E-state index in [1.165, 1.54) is 6.92 Å². The fourth-order valence-electron chi connectivity index (χ4n) is 1.68. The van der Waals surface area contributed by atoms with Crippen molar-refractivity contribution in [2.75, 3.05) is 6.61 Å². The van der Waals surface area contributed by atoms with Gasteiger partial charge >= 0.3 is 12.1 Å². The number of aromatic nitrogens is 1. The van der Waals surface area contributed by atoms with Crippen LogP contribution in [0.5, 0.6) is 0 Å². The lowest BCUT2D eigenvalue weighted by atomic mass is 10.0. The number of halogens is 5. The van der Waals surface area contributed by atoms with Crippen LogP contribution in [0.2, 0.25) is 0 Å². The van der Waals surface area contributed by atoms with Gasteiger partial charge in [-0.05, 0) is 25.5 Å². The molecular formula is C12H12F5NO2. The molecule has 0 saturated heterocycles. The van der Waals surface area contributed by atoms with Crippen molar-refractivity contribution in [3.63, 3.8) is 0 Å². The SMILES string of the molecule is CCOC(=O)Cc1nc(C(F)(F)F)cc(C)c1C(F)F. The first-order chi connectivity index (χ1) is 9.16. The third-order valence-electron chi connectivity index (χ3n) is 2.47. The minimum Gasteiger partial charge on any atom is -0.466 e. The average molecular weight is 297 g/mol. The molecular weight excluding hydrogens is 285 g/mol. The number of carbonyl (C=O) groups is 1. The van der Waals surface area contributed by atoms with E-state index >= 15 is 0 Å². The van der Waals surface area contributed by atoms with Crippen molar-refractivity contribution in [3.8, 4) is 0 Å². The highest BCUT2D eigenvalue weighted by Gasteiger charge is 2.35. The van der Waals surface area contributed by atoms with Crippen molar-refractivity contribution in [3.05, 3.63) is 28.6 Å². The van der Waals surface area contributed by atoms with E-state index in [0.29, 0.717) is 6.07 Å². The maximum Gasteiger partial charge on any atom is 0.433 e. The summed E-state index contributed by atoms with van der Waals surface area (Å²) < 4.78 is 68.1. The van der Waals surface area contributed by atoms with Gasteiger partial charge in [-0.2, -0.15) is 13.2 Å². The molecule has 0 N–H and O–H groups in total. The van der Waals surface area contributed by atoms with E-state index in [4.69, 9.17) is 0 Å². The molecule has 1 aromatic heterocycles. The minimum absolute atomic E-state index is 0.000783. The van der Waals surface area contributed by atoms with Gasteiger partial charge in [-0.25, -0.2) is 13.8 Å². The third-order valence-corrected chi connectivity index (χ3v) is 2.47. The number of carbonyl (C=O) groups excluding carboxylic acids is 1. The van der Waals surface area contributed by atoms with Crippen LogP contribution in [0.3, 0.4) is 0 Å². The Kier molecular flexibility index (Phi) is 5.02. The number of ether oxygens (including phenoxy) is 1. The number of rotatable bonds is 4. The largest absolute Gasteiger partial charge is 0.466 e. The van der Waals surface area contributed by atoms with E-state index in [1.807, 2.05) is 0 Å². The van der Waals surface area contributed by atoms with Gasteiger partial charge in [-0.15, -0.1) is 0 Å². The summed E-state index contributed by atoms with van der Waals surface area (Å²) in [5.41, 5.74) is -2.84. The predicted molar refractivity (Wildman–Crippen MR) is 59.3 cm³/mol. The molecule has 0 unspecified atom stereocenters. The molecule has 0 amide bonds. The van der Waals surface area contributed by atoms with Gasteiger partial charge in [-0.1, -0.05) is 0 Å². The summed E-state index contributed by atoms with van der Waals surface area (Å²) in [6, 6.07) is 0.538. The number of nitrogens with zero attached hydrogens (tertiary/aromatic N) is 1. The smallest absolute Gasteiger partial charge is 0.433 e. The highest BCUT2D eigenvalue weighted by Crippen LogP contribution is 2.33. The van der Waals surface area contributed by atoms with Gasteiger partial charge in [0, 0.05) is 5.56 Å². The first kappa shape index (κ1) is 16.3. The van der Waals surface area contributed by atoms with Crippen LogP contribution in [0.1, 0.15) is 35.9 Å². The highest BCUT2D eigenvalue weighted by atomic mass is 19.4. The van der Waals surface area contributed by atoms with Crippen LogP contribution < -0.4 is 0 Å². The summed E-state index contributed by atoms with van der Waals surface area (Å²) >= 11 is 0. The summed E-state index contributed by atoms with van der Waals surface area (Å²) in [6.45, 7) is 2.62. The molecule has 0 aliphatic heterocycles. The van der Waals surface area contributed by atoms with Crippen LogP contribution in [0.15, 0.2) is 6.07 Å². The molecule has 8 heteroatoms. The Labute approximate surface area is 111 Å². The first-order valence-electron chi connectivity index (χ1n) is 5.68. The lowest BCUT2D eigenvalue weighted by Crippen LogP contribution is -2.16. The first-order valence-corrected chi connectivity index (χ1v) is 5.68. The van der Waals surface area contributed by atoms with E-state index in [0.717, 1.165) is 6.92 Å². The molecule has 0 bridgehead atoms. The quantitative estimate of drug-likeness (QED) is 0.631. The van der Waals surface area contributed by atoms with Gasteiger partial charge in [0.15, 0.2) is 0 Å². The van der Waals surface area contributed by atoms with Gasteiger partial charge in [-0.3, -0.25) is 4.79 Å². The molecule has 0 aliphatic rings. The summed E-state index contributed by atoms with van der Waals surface area (Å²) in [7, 11) is 0. The molecule has 0 atom stereocenters. The van der Waals surface area contributed by atoms with Crippen LogP contribution in [0, 0.1) is 6.92 Å². The lowest BCUT2D eigenvalue weighted by Gasteiger charge is -2.14. The second-order valence-electron chi connectivity index (χ2n) is 3.97. The van der Waals surface area contributed by atoms with E-state index in [1.54, 1.807) is 0 Å². The molecule has 0 fully saturated rings. The zero-order valence-corrected chi connectivity index (χ0v) is 10.7. The Hall–Kier alpha value is -1.73. The summed E-state index contributed by atoms with van der Waals surface area (Å²) in [5.74, 6) is -0.902. The second kappa shape index (κ2) is 6.15. The van der Waals surface area contributed by atoms with Gasteiger partial charge in [0.05, 0.1) is 18.7 Å². The molecule has 0 aromatic carbocycles. The number of hydrogen-bond acceptors (Lipinski definition) is 3. The van der Waals surface area contributed by atoms with E-state index in [9.17, 15) is 26.7 Å². The van der Waals surface area contributed by atoms with Crippen LogP contribution in [0.4, 0.5) is 22.0 Å². The predicted octanol–water partition coefficient (Wildman–Crippen LogP) is 3.45. The maximum atomic E-state index is 12.9. The molecule has 1 rings (SSSR count). The minimum atomic E-state index is -4.77. The number of esters is 1. The molecule has 0 radical (unpaired) electrons. The highest BCUT2D eigenvalue weighted by molar-refractivity contribution is 5.72. The van der Waals surface area contributed by atoms with Crippen molar-refractivity contribution in [1.29, 1.82) is 0 Å². The topological polar surface area (TPSA) is 39.2 Å². The molecule has 1 heterocycles. The molecule has 3 nitrogen and oxygen atoms in total. The normalized spacial score (nSPS) is 11.8. The standard InChI is InChI=1S/C12H12F5NO2/c1-3-20-9(19)5-7-10(11(13)14)6(2)4-8(18-7)12(15,16)17/h4,11H,3,5H2,1-2H3. The average Bonchev–Trinajstić information content (AvgIpc) is 2.26. The van der Waals surface area contributed by atoms with Crippen molar-refractivity contribution in [2.45, 2.75) is 32.9 Å². The van der Waals surface area contributed by atoms with Gasteiger partial charge in [0.1, 0.15) is 5.69 Å². The third kappa shape index (κ3) is 3.88. The van der Waals surface area contributed by atoms with Crippen LogP contribution in [0.25, 0.3) is 0 Å². The Morgan fingerprint density at radius 2 is 2.00 bits per heavy atom. The maximum absolute atomic E-state index is 12.9. The van der Waals surface area contributed by atoms with Crippen LogP contribution in [-0.4, -0.2) is 17.6 Å². The Morgan fingerprint density at radius 3 is 2.45 bits per heavy atom. The van der Waals surface area contributed by atoms with E-state index < -0.39 is 41.9 Å². The molecule has 0 saturated carbocycles. The van der Waals surface area contributed by atoms with Gasteiger partial charge in [0.2, 0.25) is 0 Å². The molecule has 0 aliphatic carbocycles. The lowest BCUT2D eigenvalue weighted by molar-refractivity contribution is -0.144. The number of pyridine rings is 1. The van der Waals surface area contributed by atoms with Crippen LogP contribution >= 0.6 is 0 Å². The van der Waals surface area contributed by atoms with Crippen molar-refractivity contribution in [2.24, 2.45) is 0 Å². The van der Waals surface area contributed by atoms with E-state index in [-0.39, 0.29) is 12.2 Å². The number of alkyl halides is 5.